The van der Waals surface area contributed by atoms with Crippen LogP contribution < -0.4 is 5.73 Å². The number of nitrogen functional groups attached to an aromatic ring is 1. The van der Waals surface area contributed by atoms with Crippen LogP contribution in [0.15, 0.2) is 4.42 Å². The van der Waals surface area contributed by atoms with Gasteiger partial charge in [0.25, 0.3) is 0 Å². The van der Waals surface area contributed by atoms with E-state index < -0.39 is 0 Å². The number of aryl methyl sites for hydroxylation is 1. The highest BCUT2D eigenvalue weighted by Crippen LogP contribution is 2.30. The Kier molecular flexibility index (Phi) is 1.46. The van der Waals surface area contributed by atoms with Crippen LogP contribution in [0.25, 0.3) is 0 Å². The van der Waals surface area contributed by atoms with Gasteiger partial charge < -0.3 is 10.2 Å². The molecule has 1 aromatic heterocycles. The monoisotopic (exact) mass is 165 g/mol. The highest BCUT2D eigenvalue weighted by atomic mass is 16.4. The summed E-state index contributed by atoms with van der Waals surface area (Å²) in [5.41, 5.74) is 7.11. The van der Waals surface area contributed by atoms with Gasteiger partial charge in [0.2, 0.25) is 0 Å². The Balaban J connectivity index is 2.61. The van der Waals surface area contributed by atoms with E-state index in [1.807, 2.05) is 6.92 Å². The highest BCUT2D eigenvalue weighted by Gasteiger charge is 2.24. The minimum Gasteiger partial charge on any atom is -0.445 e. The van der Waals surface area contributed by atoms with Crippen molar-refractivity contribution in [3.05, 3.63) is 16.9 Å². The number of ketones is 1. The van der Waals surface area contributed by atoms with Crippen molar-refractivity contribution < 1.29 is 9.21 Å². The maximum atomic E-state index is 11.4. The maximum absolute atomic E-state index is 11.4. The molecule has 1 heterocycles. The lowest BCUT2D eigenvalue weighted by Gasteiger charge is -2.07. The Morgan fingerprint density at radius 1 is 1.42 bits per heavy atom. The van der Waals surface area contributed by atoms with Crippen molar-refractivity contribution in [2.75, 3.05) is 5.73 Å². The molecule has 0 unspecified atom stereocenters. The molecule has 0 atom stereocenters. The lowest BCUT2D eigenvalue weighted by Crippen LogP contribution is -2.09. The Labute approximate surface area is 70.5 Å². The van der Waals surface area contributed by atoms with Gasteiger partial charge in [-0.2, -0.15) is 0 Å². The van der Waals surface area contributed by atoms with Crippen molar-refractivity contribution in [3.63, 3.8) is 0 Å². The molecule has 3 nitrogen and oxygen atoms in total. The second-order valence-electron chi connectivity index (χ2n) is 3.17. The third-order valence-electron chi connectivity index (χ3n) is 2.34. The Bertz CT molecular complexity index is 339. The van der Waals surface area contributed by atoms with Gasteiger partial charge in [-0.1, -0.05) is 0 Å². The van der Waals surface area contributed by atoms with Gasteiger partial charge in [0.15, 0.2) is 11.7 Å². The van der Waals surface area contributed by atoms with Crippen molar-refractivity contribution in [3.8, 4) is 0 Å². The normalized spacial score (nSPS) is 16.2. The van der Waals surface area contributed by atoms with Gasteiger partial charge in [0.05, 0.1) is 5.56 Å². The van der Waals surface area contributed by atoms with Crippen LogP contribution in [0, 0.1) is 6.92 Å². The van der Waals surface area contributed by atoms with Crippen LogP contribution in [-0.2, 0) is 6.42 Å². The molecular weight excluding hydrogens is 154 g/mol. The molecule has 0 radical (unpaired) electrons. The van der Waals surface area contributed by atoms with Crippen molar-refractivity contribution in [1.82, 2.24) is 0 Å². The average Bonchev–Trinajstić information content (AvgIpc) is 2.29. The molecule has 1 aliphatic rings. The number of anilines is 1. The summed E-state index contributed by atoms with van der Waals surface area (Å²) in [7, 11) is 0. The fourth-order valence-corrected chi connectivity index (χ4v) is 1.67. The third-order valence-corrected chi connectivity index (χ3v) is 2.34. The third kappa shape index (κ3) is 0.858. The largest absolute Gasteiger partial charge is 0.445 e. The van der Waals surface area contributed by atoms with Crippen LogP contribution in [0.3, 0.4) is 0 Å². The van der Waals surface area contributed by atoms with Crippen LogP contribution in [0.4, 0.5) is 5.88 Å². The topological polar surface area (TPSA) is 56.2 Å². The van der Waals surface area contributed by atoms with Gasteiger partial charge in [0.1, 0.15) is 5.76 Å². The predicted molar refractivity (Wildman–Crippen MR) is 45.1 cm³/mol. The number of hydrogen-bond acceptors (Lipinski definition) is 3. The molecular formula is C9H11NO2. The molecule has 0 saturated carbocycles. The fourth-order valence-electron chi connectivity index (χ4n) is 1.67. The van der Waals surface area contributed by atoms with Crippen LogP contribution in [-0.4, -0.2) is 5.78 Å². The van der Waals surface area contributed by atoms with E-state index in [4.69, 9.17) is 10.2 Å². The minimum absolute atomic E-state index is 0.175. The summed E-state index contributed by atoms with van der Waals surface area (Å²) in [6.07, 6.45) is 2.37. The van der Waals surface area contributed by atoms with Gasteiger partial charge in [0, 0.05) is 18.4 Å². The zero-order chi connectivity index (χ0) is 8.72. The Morgan fingerprint density at radius 3 is 2.83 bits per heavy atom. The molecule has 1 aromatic rings. The molecule has 0 fully saturated rings. The van der Waals surface area contributed by atoms with Crippen molar-refractivity contribution in [1.29, 1.82) is 0 Å². The number of hydrogen-bond donors (Lipinski definition) is 1. The Morgan fingerprint density at radius 2 is 2.17 bits per heavy atom. The van der Waals surface area contributed by atoms with Crippen LogP contribution in [0.1, 0.15) is 34.5 Å². The molecule has 2 rings (SSSR count). The first-order chi connectivity index (χ1) is 5.70. The second kappa shape index (κ2) is 2.37. The van der Waals surface area contributed by atoms with Gasteiger partial charge in [-0.25, -0.2) is 0 Å². The first kappa shape index (κ1) is 7.40. The molecule has 0 spiro atoms. The number of nitrogens with two attached hydrogens (primary N) is 1. The molecule has 64 valence electrons. The summed E-state index contributed by atoms with van der Waals surface area (Å²) in [5, 5.41) is 0. The smallest absolute Gasteiger partial charge is 0.194 e. The highest BCUT2D eigenvalue weighted by molar-refractivity contribution is 6.00. The number of rotatable bonds is 0. The van der Waals surface area contributed by atoms with E-state index >= 15 is 0 Å². The van der Waals surface area contributed by atoms with Gasteiger partial charge in [-0.15, -0.1) is 0 Å². The lowest BCUT2D eigenvalue weighted by atomic mass is 9.94. The van der Waals surface area contributed by atoms with Gasteiger partial charge in [-0.3, -0.25) is 4.79 Å². The number of carbonyl (C=O) groups is 1. The summed E-state index contributed by atoms with van der Waals surface area (Å²) in [6, 6.07) is 0. The molecule has 0 aromatic carbocycles. The number of furan rings is 1. The number of fused-ring (bicyclic) bond motifs is 1. The van der Waals surface area contributed by atoms with E-state index in [1.165, 1.54) is 0 Å². The summed E-state index contributed by atoms with van der Waals surface area (Å²) >= 11 is 0. The van der Waals surface area contributed by atoms with E-state index in [0.717, 1.165) is 29.7 Å². The molecule has 0 amide bonds. The predicted octanol–water partition coefficient (Wildman–Crippen LogP) is 1.69. The SMILES string of the molecule is Cc1c(N)oc2c1C(=O)CCC2. The standard InChI is InChI=1S/C9H11NO2/c1-5-8-6(11)3-2-4-7(8)12-9(5)10/h2-4,10H2,1H3. The van der Waals surface area contributed by atoms with E-state index in [0.29, 0.717) is 12.3 Å². The van der Waals surface area contributed by atoms with Gasteiger partial charge in [-0.05, 0) is 13.3 Å². The fraction of sp³-hybridized carbons (Fsp3) is 0.444. The first-order valence-electron chi connectivity index (χ1n) is 4.11. The van der Waals surface area contributed by atoms with Crippen LogP contribution in [0.5, 0.6) is 0 Å². The summed E-state index contributed by atoms with van der Waals surface area (Å²) in [5.74, 6) is 1.35. The number of Topliss-reactive ketones (excluding diaryl/α,β-unsaturated/α-hetero) is 1. The maximum Gasteiger partial charge on any atom is 0.194 e. The number of carbonyl (C=O) groups excluding carboxylic acids is 1. The first-order valence-corrected chi connectivity index (χ1v) is 4.11. The molecule has 0 aliphatic heterocycles. The zero-order valence-electron chi connectivity index (χ0n) is 7.02. The minimum atomic E-state index is 0.175. The van der Waals surface area contributed by atoms with Crippen LogP contribution in [0.2, 0.25) is 0 Å². The second-order valence-corrected chi connectivity index (χ2v) is 3.17. The van der Waals surface area contributed by atoms with Crippen molar-refractivity contribution >= 4 is 11.7 Å². The van der Waals surface area contributed by atoms with E-state index in [-0.39, 0.29) is 5.78 Å². The summed E-state index contributed by atoms with van der Waals surface area (Å²) < 4.78 is 5.26. The van der Waals surface area contributed by atoms with Gasteiger partial charge >= 0.3 is 0 Å². The quantitative estimate of drug-likeness (QED) is 0.636. The molecule has 0 bridgehead atoms. The van der Waals surface area contributed by atoms with E-state index in [9.17, 15) is 4.79 Å². The zero-order valence-corrected chi connectivity index (χ0v) is 7.02. The summed E-state index contributed by atoms with van der Waals surface area (Å²) in [4.78, 5) is 11.4. The average molecular weight is 165 g/mol. The van der Waals surface area contributed by atoms with Crippen molar-refractivity contribution in [2.45, 2.75) is 26.2 Å². The molecule has 12 heavy (non-hydrogen) atoms. The summed E-state index contributed by atoms with van der Waals surface area (Å²) in [6.45, 7) is 1.83. The lowest BCUT2D eigenvalue weighted by molar-refractivity contribution is 0.0969. The van der Waals surface area contributed by atoms with E-state index in [2.05, 4.69) is 0 Å². The van der Waals surface area contributed by atoms with Crippen molar-refractivity contribution in [2.24, 2.45) is 0 Å². The van der Waals surface area contributed by atoms with Crippen LogP contribution >= 0.6 is 0 Å². The molecule has 1 aliphatic carbocycles. The van der Waals surface area contributed by atoms with E-state index in [1.54, 1.807) is 0 Å². The molecule has 3 heteroatoms. The Hall–Kier alpha value is -1.25. The molecule has 2 N–H and O–H groups in total. The molecule has 0 saturated heterocycles.